The van der Waals surface area contributed by atoms with Crippen LogP contribution in [0.3, 0.4) is 0 Å². The van der Waals surface area contributed by atoms with Gasteiger partial charge in [-0.1, -0.05) is 24.8 Å². The lowest BCUT2D eigenvalue weighted by Gasteiger charge is -2.17. The minimum Gasteiger partial charge on any atom is -0.440 e. The number of hydrazine groups is 1. The van der Waals surface area contributed by atoms with Crippen molar-refractivity contribution in [1.29, 1.82) is 0 Å². The van der Waals surface area contributed by atoms with Gasteiger partial charge in [0, 0.05) is 6.08 Å². The quantitative estimate of drug-likeness (QED) is 0.255. The second-order valence-corrected chi connectivity index (χ2v) is 2.60. The Labute approximate surface area is 82.5 Å². The van der Waals surface area contributed by atoms with Crippen molar-refractivity contribution in [2.45, 2.75) is 0 Å². The summed E-state index contributed by atoms with van der Waals surface area (Å²) < 4.78 is 4.75. The van der Waals surface area contributed by atoms with Crippen LogP contribution in [-0.4, -0.2) is 12.7 Å². The smallest absolute Gasteiger partial charge is 0.331 e. The van der Waals surface area contributed by atoms with E-state index in [9.17, 15) is 4.79 Å². The maximum absolute atomic E-state index is 10.7. The molecule has 0 unspecified atom stereocenters. The number of rotatable bonds is 4. The highest BCUT2D eigenvalue weighted by Gasteiger charge is 2.02. The summed E-state index contributed by atoms with van der Waals surface area (Å²) in [5, 5.41) is 1.33. The molecule has 14 heavy (non-hydrogen) atoms. The van der Waals surface area contributed by atoms with Crippen LogP contribution in [0.1, 0.15) is 0 Å². The lowest BCUT2D eigenvalue weighted by molar-refractivity contribution is -0.137. The van der Waals surface area contributed by atoms with Crippen LogP contribution < -0.4 is 10.9 Å². The first-order valence-electron chi connectivity index (χ1n) is 4.10. The second kappa shape index (κ2) is 5.04. The van der Waals surface area contributed by atoms with E-state index in [4.69, 9.17) is 10.6 Å². The Morgan fingerprint density at radius 2 is 2.14 bits per heavy atom. The third kappa shape index (κ3) is 2.91. The fraction of sp³-hybridized carbons (Fsp3) is 0.100. The van der Waals surface area contributed by atoms with Gasteiger partial charge in [0.15, 0.2) is 6.73 Å². The van der Waals surface area contributed by atoms with Crippen LogP contribution in [0.2, 0.25) is 0 Å². The number of esters is 1. The molecule has 0 heterocycles. The predicted molar refractivity (Wildman–Crippen MR) is 54.3 cm³/mol. The first kappa shape index (κ1) is 10.3. The molecule has 4 heteroatoms. The SMILES string of the molecule is C=CC(=O)OCN(N)c1ccccc1. The first-order valence-corrected chi connectivity index (χ1v) is 4.10. The van der Waals surface area contributed by atoms with Gasteiger partial charge in [0.25, 0.3) is 0 Å². The van der Waals surface area contributed by atoms with E-state index in [0.717, 1.165) is 11.8 Å². The average molecular weight is 192 g/mol. The van der Waals surface area contributed by atoms with Crippen molar-refractivity contribution in [3.63, 3.8) is 0 Å². The highest BCUT2D eigenvalue weighted by molar-refractivity contribution is 5.81. The molecular formula is C10H12N2O2. The van der Waals surface area contributed by atoms with E-state index in [1.54, 1.807) is 0 Å². The zero-order chi connectivity index (χ0) is 10.4. The molecule has 0 spiro atoms. The zero-order valence-corrected chi connectivity index (χ0v) is 7.72. The number of hydrogen-bond donors (Lipinski definition) is 1. The number of benzene rings is 1. The van der Waals surface area contributed by atoms with Crippen molar-refractivity contribution in [1.82, 2.24) is 0 Å². The van der Waals surface area contributed by atoms with Crippen molar-refractivity contribution in [3.8, 4) is 0 Å². The monoisotopic (exact) mass is 192 g/mol. The maximum atomic E-state index is 10.7. The van der Waals surface area contributed by atoms with Crippen molar-refractivity contribution >= 4 is 11.7 Å². The Kier molecular flexibility index (Phi) is 3.69. The van der Waals surface area contributed by atoms with E-state index in [1.165, 1.54) is 5.01 Å². The molecule has 1 aromatic rings. The van der Waals surface area contributed by atoms with E-state index in [-0.39, 0.29) is 6.73 Å². The Bertz CT molecular complexity index is 311. The van der Waals surface area contributed by atoms with Crippen LogP contribution in [0.25, 0.3) is 0 Å². The maximum Gasteiger partial charge on any atom is 0.331 e. The molecular weight excluding hydrogens is 180 g/mol. The summed E-state index contributed by atoms with van der Waals surface area (Å²) in [5.41, 5.74) is 0.782. The molecule has 0 atom stereocenters. The van der Waals surface area contributed by atoms with E-state index >= 15 is 0 Å². The summed E-state index contributed by atoms with van der Waals surface area (Å²) in [6.07, 6.45) is 1.10. The van der Waals surface area contributed by atoms with Gasteiger partial charge in [-0.3, -0.25) is 5.01 Å². The summed E-state index contributed by atoms with van der Waals surface area (Å²) in [4.78, 5) is 10.7. The summed E-state index contributed by atoms with van der Waals surface area (Å²) in [6.45, 7) is 3.29. The molecule has 0 aromatic heterocycles. The molecule has 2 N–H and O–H groups in total. The topological polar surface area (TPSA) is 55.6 Å². The molecule has 0 saturated carbocycles. The molecule has 1 aromatic carbocycles. The van der Waals surface area contributed by atoms with Gasteiger partial charge in [-0.05, 0) is 12.1 Å². The summed E-state index contributed by atoms with van der Waals surface area (Å²) >= 11 is 0. The zero-order valence-electron chi connectivity index (χ0n) is 7.72. The Balaban J connectivity index is 2.47. The van der Waals surface area contributed by atoms with Gasteiger partial charge < -0.3 is 4.74 Å². The van der Waals surface area contributed by atoms with Gasteiger partial charge in [-0.2, -0.15) is 0 Å². The van der Waals surface area contributed by atoms with E-state index < -0.39 is 5.97 Å². The molecule has 74 valence electrons. The summed E-state index contributed by atoms with van der Waals surface area (Å²) in [5.74, 6) is 5.13. The van der Waals surface area contributed by atoms with E-state index in [0.29, 0.717) is 0 Å². The number of nitrogens with zero attached hydrogens (tertiary/aromatic N) is 1. The van der Waals surface area contributed by atoms with Crippen molar-refractivity contribution in [2.75, 3.05) is 11.7 Å². The predicted octanol–water partition coefficient (Wildman–Crippen LogP) is 1.05. The molecule has 0 amide bonds. The van der Waals surface area contributed by atoms with Gasteiger partial charge in [-0.15, -0.1) is 0 Å². The highest BCUT2D eigenvalue weighted by atomic mass is 16.5. The number of ether oxygens (including phenoxy) is 1. The summed E-state index contributed by atoms with van der Waals surface area (Å²) in [7, 11) is 0. The fourth-order valence-electron chi connectivity index (χ4n) is 0.886. The molecule has 4 nitrogen and oxygen atoms in total. The van der Waals surface area contributed by atoms with Crippen LogP contribution >= 0.6 is 0 Å². The van der Waals surface area contributed by atoms with E-state index in [1.807, 2.05) is 30.3 Å². The standard InChI is InChI=1S/C10H12N2O2/c1-2-10(13)14-8-12(11)9-6-4-3-5-7-9/h2-7H,1,8,11H2. The normalized spacial score (nSPS) is 9.21. The Hall–Kier alpha value is -1.81. The van der Waals surface area contributed by atoms with Gasteiger partial charge in [-0.25, -0.2) is 10.6 Å². The molecule has 0 aliphatic heterocycles. The van der Waals surface area contributed by atoms with E-state index in [2.05, 4.69) is 6.58 Å². The van der Waals surface area contributed by atoms with Crippen LogP contribution in [0.5, 0.6) is 0 Å². The number of para-hydroxylation sites is 1. The molecule has 0 saturated heterocycles. The Morgan fingerprint density at radius 1 is 1.50 bits per heavy atom. The van der Waals surface area contributed by atoms with Crippen LogP contribution in [0.15, 0.2) is 43.0 Å². The fourth-order valence-corrected chi connectivity index (χ4v) is 0.886. The number of anilines is 1. The molecule has 0 bridgehead atoms. The minimum atomic E-state index is -0.489. The first-order chi connectivity index (χ1) is 6.74. The van der Waals surface area contributed by atoms with Crippen LogP contribution in [0.4, 0.5) is 5.69 Å². The van der Waals surface area contributed by atoms with Crippen LogP contribution in [0, 0.1) is 0 Å². The number of carbonyl (C=O) groups excluding carboxylic acids is 1. The van der Waals surface area contributed by atoms with Crippen molar-refractivity contribution in [2.24, 2.45) is 5.84 Å². The molecule has 0 aliphatic rings. The van der Waals surface area contributed by atoms with Gasteiger partial charge >= 0.3 is 5.97 Å². The molecule has 1 rings (SSSR count). The molecule has 0 fully saturated rings. The van der Waals surface area contributed by atoms with Crippen molar-refractivity contribution in [3.05, 3.63) is 43.0 Å². The van der Waals surface area contributed by atoms with Crippen LogP contribution in [-0.2, 0) is 9.53 Å². The number of hydrogen-bond acceptors (Lipinski definition) is 4. The Morgan fingerprint density at radius 3 is 2.71 bits per heavy atom. The third-order valence-corrected chi connectivity index (χ3v) is 1.60. The van der Waals surface area contributed by atoms with Gasteiger partial charge in [0.1, 0.15) is 0 Å². The number of nitrogens with two attached hydrogens (primary N) is 1. The number of carbonyl (C=O) groups is 1. The van der Waals surface area contributed by atoms with Crippen molar-refractivity contribution < 1.29 is 9.53 Å². The third-order valence-electron chi connectivity index (χ3n) is 1.60. The van der Waals surface area contributed by atoms with Gasteiger partial charge in [0.05, 0.1) is 5.69 Å². The summed E-state index contributed by atoms with van der Waals surface area (Å²) in [6, 6.07) is 9.23. The lowest BCUT2D eigenvalue weighted by Crippen LogP contribution is -2.34. The average Bonchev–Trinajstić information content (AvgIpc) is 2.26. The second-order valence-electron chi connectivity index (χ2n) is 2.60. The minimum absolute atomic E-state index is 0.00880. The highest BCUT2D eigenvalue weighted by Crippen LogP contribution is 2.08. The molecule has 0 radical (unpaired) electrons. The van der Waals surface area contributed by atoms with Gasteiger partial charge in [0.2, 0.25) is 0 Å². The largest absolute Gasteiger partial charge is 0.440 e. The lowest BCUT2D eigenvalue weighted by atomic mass is 10.3. The molecule has 0 aliphatic carbocycles.